The van der Waals surface area contributed by atoms with Crippen molar-refractivity contribution in [3.05, 3.63) is 82.4 Å². The van der Waals surface area contributed by atoms with E-state index in [2.05, 4.69) is 10.2 Å². The number of hydrogen-bond acceptors (Lipinski definition) is 3. The number of aryl methyl sites for hydroxylation is 1. The van der Waals surface area contributed by atoms with E-state index >= 15 is 0 Å². The van der Waals surface area contributed by atoms with Crippen LogP contribution in [0.4, 0.5) is 4.39 Å². The third-order valence-electron chi connectivity index (χ3n) is 5.59. The maximum atomic E-state index is 13.0. The second kappa shape index (κ2) is 9.96. The number of likely N-dealkylation sites (tertiary alicyclic amines) is 1. The summed E-state index contributed by atoms with van der Waals surface area (Å²) in [6.45, 7) is 1.84. The van der Waals surface area contributed by atoms with E-state index in [1.807, 2.05) is 23.1 Å². The summed E-state index contributed by atoms with van der Waals surface area (Å²) >= 11 is 5.89. The summed E-state index contributed by atoms with van der Waals surface area (Å²) in [7, 11) is 0. The maximum Gasteiger partial charge on any atom is 0.222 e. The number of aromatic amines is 1. The highest BCUT2D eigenvalue weighted by Crippen LogP contribution is 2.27. The van der Waals surface area contributed by atoms with Crippen LogP contribution in [0, 0.1) is 5.82 Å². The molecule has 1 N–H and O–H groups in total. The molecule has 2 aromatic carbocycles. The van der Waals surface area contributed by atoms with Gasteiger partial charge in [0.05, 0.1) is 11.4 Å². The van der Waals surface area contributed by atoms with E-state index in [9.17, 15) is 9.18 Å². The number of hydrogen-bond donors (Lipinski definition) is 1. The number of carbonyl (C=O) groups excluding carboxylic acids is 1. The Balaban J connectivity index is 1.22. The van der Waals surface area contributed by atoms with E-state index in [-0.39, 0.29) is 17.6 Å². The molecule has 0 saturated carbocycles. The largest absolute Gasteiger partial charge is 0.487 e. The number of ether oxygens (including phenoxy) is 1. The lowest BCUT2D eigenvalue weighted by Gasteiger charge is -2.16. The molecular formula is C24H25ClFN3O2. The summed E-state index contributed by atoms with van der Waals surface area (Å²) < 4.78 is 18.7. The Morgan fingerprint density at radius 1 is 1.19 bits per heavy atom. The molecule has 1 aliphatic heterocycles. The zero-order valence-corrected chi connectivity index (χ0v) is 17.9. The minimum atomic E-state index is -0.235. The average Bonchev–Trinajstić information content (AvgIpc) is 3.44. The lowest BCUT2D eigenvalue weighted by Crippen LogP contribution is -2.28. The van der Waals surface area contributed by atoms with Crippen molar-refractivity contribution in [2.75, 3.05) is 13.1 Å². The molecule has 0 radical (unpaired) electrons. The fraction of sp³-hybridized carbons (Fsp3) is 0.333. The normalized spacial score (nSPS) is 15.9. The number of aromatic nitrogens is 2. The van der Waals surface area contributed by atoms with Gasteiger partial charge in [-0.05, 0) is 67.3 Å². The average molecular weight is 442 g/mol. The Hall–Kier alpha value is -2.86. The van der Waals surface area contributed by atoms with Crippen LogP contribution in [0.5, 0.6) is 5.75 Å². The van der Waals surface area contributed by atoms with Gasteiger partial charge in [0.25, 0.3) is 0 Å². The van der Waals surface area contributed by atoms with E-state index in [0.29, 0.717) is 24.6 Å². The molecule has 5 nitrogen and oxygen atoms in total. The molecule has 162 valence electrons. The molecule has 2 heterocycles. The summed E-state index contributed by atoms with van der Waals surface area (Å²) in [6, 6.07) is 15.7. The topological polar surface area (TPSA) is 58.2 Å². The van der Waals surface area contributed by atoms with Crippen LogP contribution in [-0.2, 0) is 17.8 Å². The molecule has 7 heteroatoms. The number of H-pyrrole nitrogens is 1. The third kappa shape index (κ3) is 5.85. The lowest BCUT2D eigenvalue weighted by molar-refractivity contribution is -0.130. The monoisotopic (exact) mass is 441 g/mol. The van der Waals surface area contributed by atoms with Crippen LogP contribution in [0.3, 0.4) is 0 Å². The summed E-state index contributed by atoms with van der Waals surface area (Å²) in [4.78, 5) is 14.5. The highest BCUT2D eigenvalue weighted by atomic mass is 35.5. The fourth-order valence-corrected chi connectivity index (χ4v) is 3.96. The van der Waals surface area contributed by atoms with Crippen molar-refractivity contribution in [2.45, 2.75) is 38.2 Å². The molecule has 0 aliphatic carbocycles. The molecule has 0 spiro atoms. The molecule has 1 aliphatic rings. The third-order valence-corrected chi connectivity index (χ3v) is 5.84. The zero-order valence-electron chi connectivity index (χ0n) is 17.2. The first-order chi connectivity index (χ1) is 15.1. The molecule has 1 saturated heterocycles. The second-order valence-electron chi connectivity index (χ2n) is 7.87. The number of carbonyl (C=O) groups is 1. The second-order valence-corrected chi connectivity index (χ2v) is 8.30. The van der Waals surface area contributed by atoms with Crippen molar-refractivity contribution in [2.24, 2.45) is 0 Å². The number of amides is 1. The fourth-order valence-electron chi connectivity index (χ4n) is 3.84. The first-order valence-electron chi connectivity index (χ1n) is 10.5. The molecule has 0 unspecified atom stereocenters. The standard InChI is InChI=1S/C24H25ClFN3O2/c25-19-6-10-22(11-7-19)31-16-21-14-23(28-27-21)18-12-13-29(15-18)24(30)3-1-2-17-4-8-20(26)9-5-17/h4-11,14,18H,1-3,12-13,15-16H2,(H,27,28)/t18-/m0/s1. The van der Waals surface area contributed by atoms with Gasteiger partial charge in [0.2, 0.25) is 5.91 Å². The minimum Gasteiger partial charge on any atom is -0.487 e. The first kappa shape index (κ1) is 21.4. The predicted molar refractivity (Wildman–Crippen MR) is 118 cm³/mol. The Morgan fingerprint density at radius 2 is 1.97 bits per heavy atom. The van der Waals surface area contributed by atoms with Gasteiger partial charge in [-0.15, -0.1) is 0 Å². The number of rotatable bonds is 8. The molecule has 4 rings (SSSR count). The van der Waals surface area contributed by atoms with Gasteiger partial charge >= 0.3 is 0 Å². The van der Waals surface area contributed by atoms with Gasteiger partial charge in [0, 0.05) is 30.5 Å². The van der Waals surface area contributed by atoms with E-state index in [1.54, 1.807) is 24.3 Å². The maximum absolute atomic E-state index is 13.0. The molecule has 3 aromatic rings. The lowest BCUT2D eigenvalue weighted by atomic mass is 10.1. The Kier molecular flexibility index (Phi) is 6.87. The smallest absolute Gasteiger partial charge is 0.222 e. The van der Waals surface area contributed by atoms with Crippen molar-refractivity contribution in [1.29, 1.82) is 0 Å². The Bertz CT molecular complexity index is 1000. The van der Waals surface area contributed by atoms with Gasteiger partial charge in [-0.25, -0.2) is 4.39 Å². The molecule has 1 fully saturated rings. The highest BCUT2D eigenvalue weighted by Gasteiger charge is 2.28. The predicted octanol–water partition coefficient (Wildman–Crippen LogP) is 5.12. The van der Waals surface area contributed by atoms with Crippen LogP contribution in [0.2, 0.25) is 5.02 Å². The summed E-state index contributed by atoms with van der Waals surface area (Å²) in [5, 5.41) is 8.14. The molecule has 31 heavy (non-hydrogen) atoms. The van der Waals surface area contributed by atoms with Crippen LogP contribution in [-0.4, -0.2) is 34.1 Å². The van der Waals surface area contributed by atoms with Crippen LogP contribution < -0.4 is 4.74 Å². The van der Waals surface area contributed by atoms with Gasteiger partial charge < -0.3 is 9.64 Å². The highest BCUT2D eigenvalue weighted by molar-refractivity contribution is 6.30. The summed E-state index contributed by atoms with van der Waals surface area (Å²) in [6.07, 6.45) is 2.96. The van der Waals surface area contributed by atoms with Crippen LogP contribution in [0.15, 0.2) is 54.6 Å². The minimum absolute atomic E-state index is 0.173. The van der Waals surface area contributed by atoms with E-state index in [4.69, 9.17) is 16.3 Å². The van der Waals surface area contributed by atoms with E-state index < -0.39 is 0 Å². The molecular weight excluding hydrogens is 417 g/mol. The zero-order chi connectivity index (χ0) is 21.6. The Labute approximate surface area is 186 Å². The first-order valence-corrected chi connectivity index (χ1v) is 10.9. The van der Waals surface area contributed by atoms with Gasteiger partial charge in [-0.1, -0.05) is 23.7 Å². The number of nitrogens with zero attached hydrogens (tertiary/aromatic N) is 2. The van der Waals surface area contributed by atoms with Crippen molar-refractivity contribution in [3.63, 3.8) is 0 Å². The van der Waals surface area contributed by atoms with Crippen LogP contribution >= 0.6 is 11.6 Å². The molecule has 0 bridgehead atoms. The van der Waals surface area contributed by atoms with E-state index in [1.165, 1.54) is 12.1 Å². The van der Waals surface area contributed by atoms with Crippen molar-refractivity contribution in [3.8, 4) is 5.75 Å². The summed E-state index contributed by atoms with van der Waals surface area (Å²) in [5.41, 5.74) is 2.92. The summed E-state index contributed by atoms with van der Waals surface area (Å²) in [5.74, 6) is 0.924. The van der Waals surface area contributed by atoms with Crippen LogP contribution in [0.25, 0.3) is 0 Å². The van der Waals surface area contributed by atoms with Crippen molar-refractivity contribution >= 4 is 17.5 Å². The molecule has 1 amide bonds. The van der Waals surface area contributed by atoms with Gasteiger partial charge in [0.1, 0.15) is 18.2 Å². The Morgan fingerprint density at radius 3 is 2.74 bits per heavy atom. The van der Waals surface area contributed by atoms with Crippen molar-refractivity contribution < 1.29 is 13.9 Å². The molecule has 1 aromatic heterocycles. The number of halogens is 2. The van der Waals surface area contributed by atoms with Crippen molar-refractivity contribution in [1.82, 2.24) is 15.1 Å². The molecule has 1 atom stereocenters. The van der Waals surface area contributed by atoms with Gasteiger partial charge in [-0.2, -0.15) is 5.10 Å². The van der Waals surface area contributed by atoms with Crippen LogP contribution in [0.1, 0.15) is 42.1 Å². The van der Waals surface area contributed by atoms with Gasteiger partial charge in [0.15, 0.2) is 0 Å². The number of benzene rings is 2. The van der Waals surface area contributed by atoms with E-state index in [0.717, 1.165) is 48.5 Å². The van der Waals surface area contributed by atoms with Gasteiger partial charge in [-0.3, -0.25) is 9.89 Å². The SMILES string of the molecule is O=C(CCCc1ccc(F)cc1)N1CC[C@H](c2cc(COc3ccc(Cl)cc3)[nH]n2)C1. The quantitative estimate of drug-likeness (QED) is 0.527. The number of nitrogens with one attached hydrogen (secondary N) is 1.